The maximum Gasteiger partial charge on any atom is 0.356 e. The molecule has 0 radical (unpaired) electrons. The summed E-state index contributed by atoms with van der Waals surface area (Å²) in [5.74, 6) is 0.954. The Labute approximate surface area is 151 Å². The molecule has 1 N–H and O–H groups in total. The Hall–Kier alpha value is -2.47. The van der Waals surface area contributed by atoms with Crippen molar-refractivity contribution >= 4 is 23.4 Å². The van der Waals surface area contributed by atoms with Crippen LogP contribution in [0.3, 0.4) is 0 Å². The molecule has 1 aliphatic heterocycles. The van der Waals surface area contributed by atoms with Gasteiger partial charge in [0.05, 0.1) is 12.1 Å². The first-order valence-corrected chi connectivity index (χ1v) is 8.40. The van der Waals surface area contributed by atoms with E-state index >= 15 is 0 Å². The number of halogens is 1. The van der Waals surface area contributed by atoms with Crippen molar-refractivity contribution in [3.8, 4) is 11.5 Å². The molecule has 1 aliphatic rings. The van der Waals surface area contributed by atoms with E-state index in [4.69, 9.17) is 26.2 Å². The Morgan fingerprint density at radius 1 is 1.20 bits per heavy atom. The van der Waals surface area contributed by atoms with Gasteiger partial charge in [-0.3, -0.25) is 0 Å². The fourth-order valence-corrected chi connectivity index (χ4v) is 3.04. The number of para-hydroxylation sites is 2. The van der Waals surface area contributed by atoms with Gasteiger partial charge >= 0.3 is 5.97 Å². The molecule has 0 bridgehead atoms. The van der Waals surface area contributed by atoms with Crippen molar-refractivity contribution in [1.29, 1.82) is 0 Å². The zero-order chi connectivity index (χ0) is 17.8. The predicted molar refractivity (Wildman–Crippen MR) is 95.1 cm³/mol. The molecule has 132 valence electrons. The molecule has 0 spiro atoms. The van der Waals surface area contributed by atoms with Gasteiger partial charge in [0.1, 0.15) is 11.9 Å². The predicted octanol–water partition coefficient (Wildman–Crippen LogP) is 3.49. The highest BCUT2D eigenvalue weighted by molar-refractivity contribution is 6.33. The molecule has 1 aromatic carbocycles. The second-order valence-electron chi connectivity index (χ2n) is 5.76. The third-order valence-electron chi connectivity index (χ3n) is 4.16. The number of carboxylic acids is 1. The van der Waals surface area contributed by atoms with E-state index in [1.807, 2.05) is 29.2 Å². The van der Waals surface area contributed by atoms with Crippen LogP contribution in [0.5, 0.6) is 11.5 Å². The number of anilines is 1. The topological polar surface area (TPSA) is 71.9 Å². The summed E-state index contributed by atoms with van der Waals surface area (Å²) >= 11 is 5.88. The van der Waals surface area contributed by atoms with E-state index in [-0.39, 0.29) is 16.8 Å². The van der Waals surface area contributed by atoms with Crippen LogP contribution in [-0.4, -0.2) is 42.4 Å². The van der Waals surface area contributed by atoms with Crippen molar-refractivity contribution in [2.24, 2.45) is 0 Å². The quantitative estimate of drug-likeness (QED) is 0.877. The summed E-state index contributed by atoms with van der Waals surface area (Å²) in [4.78, 5) is 17.4. The number of nitrogens with zero attached hydrogens (tertiary/aromatic N) is 2. The van der Waals surface area contributed by atoms with E-state index in [9.17, 15) is 4.79 Å². The zero-order valence-corrected chi connectivity index (χ0v) is 14.6. The molecule has 1 aromatic heterocycles. The van der Waals surface area contributed by atoms with Crippen LogP contribution in [0.2, 0.25) is 5.02 Å². The van der Waals surface area contributed by atoms with E-state index < -0.39 is 5.97 Å². The van der Waals surface area contributed by atoms with Gasteiger partial charge in [0.15, 0.2) is 17.2 Å². The van der Waals surface area contributed by atoms with Gasteiger partial charge in [-0.15, -0.1) is 0 Å². The summed E-state index contributed by atoms with van der Waals surface area (Å²) in [5.41, 5.74) is -0.119. The van der Waals surface area contributed by atoms with Crippen molar-refractivity contribution < 1.29 is 19.4 Å². The second-order valence-corrected chi connectivity index (χ2v) is 6.17. The molecule has 2 heterocycles. The van der Waals surface area contributed by atoms with Gasteiger partial charge in [0.25, 0.3) is 0 Å². The largest absolute Gasteiger partial charge is 0.493 e. The minimum atomic E-state index is -1.12. The lowest BCUT2D eigenvalue weighted by atomic mass is 10.1. The van der Waals surface area contributed by atoms with Crippen LogP contribution in [0, 0.1) is 0 Å². The van der Waals surface area contributed by atoms with Crippen LogP contribution in [0.15, 0.2) is 36.4 Å². The first-order chi connectivity index (χ1) is 12.1. The smallest absolute Gasteiger partial charge is 0.356 e. The Morgan fingerprint density at radius 3 is 2.52 bits per heavy atom. The van der Waals surface area contributed by atoms with Crippen LogP contribution in [-0.2, 0) is 0 Å². The Balaban J connectivity index is 1.64. The lowest BCUT2D eigenvalue weighted by Crippen LogP contribution is -2.38. The number of carbonyl (C=O) groups is 1. The number of hydrogen-bond acceptors (Lipinski definition) is 5. The Morgan fingerprint density at radius 2 is 1.88 bits per heavy atom. The maximum atomic E-state index is 11.2. The summed E-state index contributed by atoms with van der Waals surface area (Å²) in [7, 11) is 1.62. The minimum absolute atomic E-state index is 0.0822. The minimum Gasteiger partial charge on any atom is -0.493 e. The molecule has 25 heavy (non-hydrogen) atoms. The van der Waals surface area contributed by atoms with Crippen LogP contribution in [0.1, 0.15) is 23.3 Å². The number of ether oxygens (including phenoxy) is 2. The van der Waals surface area contributed by atoms with Gasteiger partial charge in [0.2, 0.25) is 0 Å². The molecule has 6 nitrogen and oxygen atoms in total. The average Bonchev–Trinajstić information content (AvgIpc) is 2.63. The number of aromatic carboxylic acids is 1. The summed E-state index contributed by atoms with van der Waals surface area (Å²) < 4.78 is 11.4. The Bertz CT molecular complexity index is 760. The van der Waals surface area contributed by atoms with Crippen molar-refractivity contribution in [3.05, 3.63) is 47.1 Å². The highest BCUT2D eigenvalue weighted by atomic mass is 35.5. The highest BCUT2D eigenvalue weighted by Gasteiger charge is 2.23. The van der Waals surface area contributed by atoms with E-state index in [0.717, 1.165) is 37.4 Å². The first-order valence-electron chi connectivity index (χ1n) is 8.03. The average molecular weight is 363 g/mol. The van der Waals surface area contributed by atoms with Gasteiger partial charge in [-0.05, 0) is 24.3 Å². The fraction of sp³-hybridized carbons (Fsp3) is 0.333. The maximum absolute atomic E-state index is 11.2. The number of pyridine rings is 1. The van der Waals surface area contributed by atoms with E-state index in [2.05, 4.69) is 4.98 Å². The standard InChI is InChI=1S/C18H19ClN2O4/c1-24-14-4-2-3-5-15(14)25-12-8-10-21(11-9-12)16-7-6-13(19)17(20-16)18(22)23/h2-7,12H,8-11H2,1H3,(H,22,23). The number of benzene rings is 1. The fourth-order valence-electron chi connectivity index (χ4n) is 2.86. The molecule has 0 aliphatic carbocycles. The molecule has 3 rings (SSSR count). The van der Waals surface area contributed by atoms with Gasteiger partial charge < -0.3 is 19.5 Å². The third kappa shape index (κ3) is 3.96. The molecular formula is C18H19ClN2O4. The van der Waals surface area contributed by atoms with Crippen LogP contribution in [0.25, 0.3) is 0 Å². The van der Waals surface area contributed by atoms with Crippen molar-refractivity contribution in [2.75, 3.05) is 25.1 Å². The van der Waals surface area contributed by atoms with E-state index in [1.165, 1.54) is 0 Å². The van der Waals surface area contributed by atoms with E-state index in [1.54, 1.807) is 19.2 Å². The molecule has 0 unspecified atom stereocenters. The molecular weight excluding hydrogens is 344 g/mol. The van der Waals surface area contributed by atoms with Crippen molar-refractivity contribution in [2.45, 2.75) is 18.9 Å². The van der Waals surface area contributed by atoms with Gasteiger partial charge in [0, 0.05) is 25.9 Å². The summed E-state index contributed by atoms with van der Waals surface area (Å²) in [6, 6.07) is 10.9. The number of methoxy groups -OCH3 is 1. The number of carboxylic acid groups (broad SMARTS) is 1. The SMILES string of the molecule is COc1ccccc1OC1CCN(c2ccc(Cl)c(C(=O)O)n2)CC1. The zero-order valence-electron chi connectivity index (χ0n) is 13.8. The first kappa shape index (κ1) is 17.4. The molecule has 2 aromatic rings. The normalized spacial score (nSPS) is 15.0. The van der Waals surface area contributed by atoms with Crippen molar-refractivity contribution in [1.82, 2.24) is 4.98 Å². The number of aromatic nitrogens is 1. The number of piperidine rings is 1. The lowest BCUT2D eigenvalue weighted by Gasteiger charge is -2.33. The number of rotatable bonds is 5. The number of hydrogen-bond donors (Lipinski definition) is 1. The molecule has 7 heteroatoms. The molecule has 0 atom stereocenters. The molecule has 1 saturated heterocycles. The van der Waals surface area contributed by atoms with Crippen molar-refractivity contribution in [3.63, 3.8) is 0 Å². The summed E-state index contributed by atoms with van der Waals surface area (Å²) in [6.45, 7) is 1.46. The molecule has 1 fully saturated rings. The van der Waals surface area contributed by atoms with Gasteiger partial charge in [-0.25, -0.2) is 9.78 Å². The van der Waals surface area contributed by atoms with Crippen LogP contribution >= 0.6 is 11.6 Å². The monoisotopic (exact) mass is 362 g/mol. The van der Waals surface area contributed by atoms with Crippen LogP contribution in [0.4, 0.5) is 5.82 Å². The van der Waals surface area contributed by atoms with E-state index in [0.29, 0.717) is 5.82 Å². The Kier molecular flexibility index (Phi) is 5.28. The summed E-state index contributed by atoms with van der Waals surface area (Å²) in [6.07, 6.45) is 1.70. The second kappa shape index (κ2) is 7.61. The molecule has 0 saturated carbocycles. The van der Waals surface area contributed by atoms with Crippen LogP contribution < -0.4 is 14.4 Å². The lowest BCUT2D eigenvalue weighted by molar-refractivity contribution is 0.0690. The molecule has 0 amide bonds. The van der Waals surface area contributed by atoms with Gasteiger partial charge in [-0.2, -0.15) is 0 Å². The van der Waals surface area contributed by atoms with Gasteiger partial charge in [-0.1, -0.05) is 23.7 Å². The highest BCUT2D eigenvalue weighted by Crippen LogP contribution is 2.30. The summed E-state index contributed by atoms with van der Waals surface area (Å²) in [5, 5.41) is 9.29. The third-order valence-corrected chi connectivity index (χ3v) is 4.47.